The van der Waals surface area contributed by atoms with E-state index in [1.54, 1.807) is 0 Å². The molecule has 0 aliphatic carbocycles. The number of alkyl halides is 4. The van der Waals surface area contributed by atoms with Crippen LogP contribution in [0.15, 0.2) is 24.3 Å². The van der Waals surface area contributed by atoms with E-state index in [1.165, 1.54) is 34.7 Å². The van der Waals surface area contributed by atoms with Crippen LogP contribution < -0.4 is 21.6 Å². The number of carbonyl (C=O) groups excluding carboxylic acids is 4. The summed E-state index contributed by atoms with van der Waals surface area (Å²) < 4.78 is 64.4. The van der Waals surface area contributed by atoms with Gasteiger partial charge in [0.1, 0.15) is 6.67 Å². The second-order valence-corrected chi connectivity index (χ2v) is 10.6. The lowest BCUT2D eigenvalue weighted by atomic mass is 9.77. The van der Waals surface area contributed by atoms with Gasteiger partial charge in [-0.25, -0.2) is 4.39 Å². The molecule has 0 unspecified atom stereocenters. The van der Waals surface area contributed by atoms with Crippen LogP contribution in [0.25, 0.3) is 0 Å². The van der Waals surface area contributed by atoms with Gasteiger partial charge in [0.2, 0.25) is 9.70 Å². The number of halogens is 5. The lowest BCUT2D eigenvalue weighted by Gasteiger charge is -2.23. The first-order chi connectivity index (χ1) is 19.8. The fourth-order valence-corrected chi connectivity index (χ4v) is 4.79. The second-order valence-electron chi connectivity index (χ2n) is 9.37. The normalized spacial score (nSPS) is 14.0. The Kier molecular flexibility index (Phi) is 9.92. The molecule has 18 heteroatoms. The van der Waals surface area contributed by atoms with E-state index in [4.69, 9.17) is 9.31 Å². The molecule has 2 aliphatic heterocycles. The minimum Gasteiger partial charge on any atom is -0.423 e. The third kappa shape index (κ3) is 7.11. The van der Waals surface area contributed by atoms with Gasteiger partial charge in [-0.1, -0.05) is 0 Å². The van der Waals surface area contributed by atoms with Gasteiger partial charge in [0.05, 0.1) is 31.9 Å². The Hall–Kier alpha value is -3.06. The summed E-state index contributed by atoms with van der Waals surface area (Å²) in [6.45, 7) is -3.14. The number of carbonyl (C=O) groups is 4. The molecule has 0 saturated heterocycles. The van der Waals surface area contributed by atoms with Crippen LogP contribution in [0, 0.1) is 0 Å². The summed E-state index contributed by atoms with van der Waals surface area (Å²) in [7, 11) is -3.03. The summed E-state index contributed by atoms with van der Waals surface area (Å²) in [5.74, 6) is -2.53. The average Bonchev–Trinajstić information content (AvgIpc) is 3.51. The molecular formula is C24H22B2F4IN3O8. The maximum Gasteiger partial charge on any atom is 0.491 e. The number of nitrogens with zero attached hydrogens (tertiary/aromatic N) is 1. The van der Waals surface area contributed by atoms with Gasteiger partial charge in [-0.15, -0.1) is 0 Å². The Morgan fingerprint density at radius 1 is 0.952 bits per heavy atom. The number of amides is 3. The molecule has 42 heavy (non-hydrogen) atoms. The number of benzene rings is 2. The third-order valence-electron chi connectivity index (χ3n) is 6.64. The number of hydrogen-bond donors (Lipinski definition) is 4. The highest BCUT2D eigenvalue weighted by atomic mass is 127. The molecule has 2 aromatic carbocycles. The van der Waals surface area contributed by atoms with E-state index in [9.17, 15) is 46.8 Å². The number of hydrogen-bond acceptors (Lipinski definition) is 8. The van der Waals surface area contributed by atoms with Crippen LogP contribution >= 0.6 is 22.6 Å². The van der Waals surface area contributed by atoms with Crippen molar-refractivity contribution in [3.63, 3.8) is 0 Å². The molecule has 0 radical (unpaired) electrons. The quantitative estimate of drug-likeness (QED) is 0.112. The highest BCUT2D eigenvalue weighted by Crippen LogP contribution is 2.34. The number of rotatable bonds is 10. The Morgan fingerprint density at radius 2 is 1.57 bits per heavy atom. The summed E-state index contributed by atoms with van der Waals surface area (Å²) in [6.07, 6.45) is -4.88. The van der Waals surface area contributed by atoms with Crippen LogP contribution in [0.2, 0.25) is 0 Å². The zero-order valence-corrected chi connectivity index (χ0v) is 23.8. The lowest BCUT2D eigenvalue weighted by molar-refractivity contribution is -0.138. The summed E-state index contributed by atoms with van der Waals surface area (Å²) >= 11 is 1.44. The monoisotopic (exact) mass is 705 g/mol. The van der Waals surface area contributed by atoms with Gasteiger partial charge in [0.25, 0.3) is 11.8 Å². The highest BCUT2D eigenvalue weighted by molar-refractivity contribution is 14.1. The van der Waals surface area contributed by atoms with E-state index in [2.05, 4.69) is 10.6 Å². The van der Waals surface area contributed by atoms with Crippen LogP contribution in [-0.2, 0) is 45.0 Å². The van der Waals surface area contributed by atoms with Crippen LogP contribution in [-0.4, -0.2) is 76.9 Å². The molecule has 0 aromatic heterocycles. The maximum absolute atomic E-state index is 13.8. The van der Waals surface area contributed by atoms with Gasteiger partial charge < -0.3 is 34.9 Å². The minimum atomic E-state index is -4.88. The molecule has 4 N–H and O–H groups in total. The van der Waals surface area contributed by atoms with Crippen LogP contribution in [0.3, 0.4) is 0 Å². The molecule has 222 valence electrons. The van der Waals surface area contributed by atoms with E-state index in [1.807, 2.05) is 0 Å². The summed E-state index contributed by atoms with van der Waals surface area (Å²) in [5.41, 5.74) is -1.43. The van der Waals surface area contributed by atoms with Gasteiger partial charge in [-0.2, -0.15) is 13.2 Å². The predicted octanol–water partition coefficient (Wildman–Crippen LogP) is -0.440. The lowest BCUT2D eigenvalue weighted by Crippen LogP contribution is -2.45. The fourth-order valence-electron chi connectivity index (χ4n) is 4.60. The molecule has 0 spiro atoms. The summed E-state index contributed by atoms with van der Waals surface area (Å²) in [5, 5.41) is 24.7. The standard InChI is InChI=1S/C24H22B2F4IN3O8/c27-7-14-3-12(5-18-15(14)10-41-25(18)39)22(37)32-1-2-34(9-21(36)33-8-20(31)35)23(38)13-4-17(24(28,29)30)16-11-42-26(40)19(16)6-13/h3-6,39-40H,1-2,7-11H2,(H,32,37)(H,33,36). The molecule has 2 aliphatic rings. The zero-order valence-electron chi connectivity index (χ0n) is 21.6. The van der Waals surface area contributed by atoms with E-state index < -0.39 is 72.9 Å². The molecule has 2 heterocycles. The van der Waals surface area contributed by atoms with E-state index in [0.717, 1.165) is 11.0 Å². The van der Waals surface area contributed by atoms with Crippen molar-refractivity contribution in [2.24, 2.45) is 0 Å². The number of nitrogens with one attached hydrogen (secondary N) is 2. The second kappa shape index (κ2) is 13.1. The van der Waals surface area contributed by atoms with Crippen molar-refractivity contribution in [1.82, 2.24) is 15.5 Å². The minimum absolute atomic E-state index is 0.00967. The molecule has 2 aromatic rings. The van der Waals surface area contributed by atoms with Gasteiger partial charge in [0, 0.05) is 46.8 Å². The van der Waals surface area contributed by atoms with Gasteiger partial charge >= 0.3 is 20.4 Å². The summed E-state index contributed by atoms with van der Waals surface area (Å²) in [4.78, 5) is 50.7. The predicted molar refractivity (Wildman–Crippen MR) is 148 cm³/mol. The van der Waals surface area contributed by atoms with E-state index >= 15 is 0 Å². The molecule has 3 amide bonds. The maximum atomic E-state index is 13.8. The van der Waals surface area contributed by atoms with Crippen molar-refractivity contribution < 1.29 is 56.1 Å². The Morgan fingerprint density at radius 3 is 2.19 bits per heavy atom. The molecule has 4 rings (SSSR count). The Labute approximate surface area is 250 Å². The summed E-state index contributed by atoms with van der Waals surface area (Å²) in [6, 6.07) is 4.24. The van der Waals surface area contributed by atoms with E-state index in [0.29, 0.717) is 11.6 Å². The third-order valence-corrected chi connectivity index (χ3v) is 7.02. The highest BCUT2D eigenvalue weighted by Gasteiger charge is 2.41. The largest absolute Gasteiger partial charge is 0.491 e. The van der Waals surface area contributed by atoms with Gasteiger partial charge in [0.15, 0.2) is 0 Å². The number of fused-ring (bicyclic) bond motifs is 2. The Balaban J connectivity index is 1.55. The van der Waals surface area contributed by atoms with Crippen LogP contribution in [0.4, 0.5) is 17.6 Å². The van der Waals surface area contributed by atoms with Gasteiger partial charge in [-0.05, 0) is 51.9 Å². The zero-order chi connectivity index (χ0) is 30.8. The molecule has 11 nitrogen and oxygen atoms in total. The molecule has 0 atom stereocenters. The van der Waals surface area contributed by atoms with Crippen LogP contribution in [0.1, 0.15) is 43.0 Å². The van der Waals surface area contributed by atoms with Gasteiger partial charge in [-0.3, -0.25) is 19.2 Å². The van der Waals surface area contributed by atoms with Crippen molar-refractivity contribution >= 4 is 69.3 Å². The molecule has 0 saturated carbocycles. The molecular weight excluding hydrogens is 683 g/mol. The van der Waals surface area contributed by atoms with Crippen molar-refractivity contribution in [3.05, 3.63) is 57.6 Å². The first-order valence-electron chi connectivity index (χ1n) is 12.4. The fraction of sp³-hybridized carbons (Fsp3) is 0.333. The topological polar surface area (TPSA) is 154 Å². The first-order valence-corrected chi connectivity index (χ1v) is 13.5. The molecule has 0 bridgehead atoms. The van der Waals surface area contributed by atoms with Crippen LogP contribution in [0.5, 0.6) is 0 Å². The van der Waals surface area contributed by atoms with Crippen molar-refractivity contribution in [2.45, 2.75) is 26.1 Å². The average molecular weight is 705 g/mol. The SMILES string of the molecule is O=C(I)CNC(=O)CN(CCNC(=O)c1cc(CF)c2c(c1)B(O)OC2)C(=O)c1cc2c(c(C(F)(F)F)c1)COB2O. The first kappa shape index (κ1) is 31.9. The smallest absolute Gasteiger partial charge is 0.423 e. The van der Waals surface area contributed by atoms with E-state index in [-0.39, 0.29) is 53.9 Å². The molecule has 0 fully saturated rings. The van der Waals surface area contributed by atoms with Crippen molar-refractivity contribution in [1.29, 1.82) is 0 Å². The van der Waals surface area contributed by atoms with Crippen molar-refractivity contribution in [3.8, 4) is 0 Å². The Bertz CT molecular complexity index is 1430. The van der Waals surface area contributed by atoms with Crippen molar-refractivity contribution in [2.75, 3.05) is 26.2 Å².